The molecule has 2 aromatic heterocycles. The Morgan fingerprint density at radius 1 is 1.38 bits per heavy atom. The van der Waals surface area contributed by atoms with E-state index >= 15 is 0 Å². The molecule has 0 aliphatic rings. The molecular weight excluding hydrogens is 382 g/mol. The number of imidazole rings is 1. The molecule has 0 amide bonds. The molecule has 0 saturated carbocycles. The van der Waals surface area contributed by atoms with Gasteiger partial charge in [-0.25, -0.2) is 4.98 Å². The fourth-order valence-electron chi connectivity index (χ4n) is 1.56. The van der Waals surface area contributed by atoms with Crippen LogP contribution in [0.15, 0.2) is 35.3 Å². The summed E-state index contributed by atoms with van der Waals surface area (Å²) in [5, 5.41) is 0. The second-order valence-corrected chi connectivity index (χ2v) is 3.31. The fraction of sp³-hybridized carbons (Fsp3) is 0.0909. The first kappa shape index (κ1) is 11.0. The van der Waals surface area contributed by atoms with E-state index in [1.807, 2.05) is 23.9 Å². The summed E-state index contributed by atoms with van der Waals surface area (Å²) in [7, 11) is 1.95. The molecule has 5 heteroatoms. The molecule has 0 aliphatic heterocycles. The number of fused-ring (bicyclic) bond motifs is 1. The Hall–Kier alpha value is -1.45. The summed E-state index contributed by atoms with van der Waals surface area (Å²) in [5.74, 6) is 0.875. The molecule has 0 spiro atoms. The van der Waals surface area contributed by atoms with E-state index in [2.05, 4.69) is 16.0 Å². The molecule has 0 bridgehead atoms. The summed E-state index contributed by atoms with van der Waals surface area (Å²) < 4.78 is 7.09. The van der Waals surface area contributed by atoms with Crippen LogP contribution in [0, 0.1) is 6.07 Å². The van der Waals surface area contributed by atoms with Crippen LogP contribution in [0.3, 0.4) is 0 Å². The molecule has 3 aromatic rings. The third kappa shape index (κ3) is 1.68. The summed E-state index contributed by atoms with van der Waals surface area (Å²) >= 11 is 0. The maximum Gasteiger partial charge on any atom is 0.169 e. The SMILES string of the molecule is Cn1ccnc1-c1[c-]cc2ocnc2c1.[Ir]. The van der Waals surface area contributed by atoms with Gasteiger partial charge >= 0.3 is 0 Å². The van der Waals surface area contributed by atoms with E-state index in [0.717, 1.165) is 22.5 Å². The minimum atomic E-state index is 0. The van der Waals surface area contributed by atoms with Gasteiger partial charge in [-0.15, -0.1) is 23.8 Å². The Bertz CT molecular complexity index is 614. The molecule has 0 atom stereocenters. The van der Waals surface area contributed by atoms with E-state index in [0.29, 0.717) is 0 Å². The number of oxazole rings is 1. The van der Waals surface area contributed by atoms with Gasteiger partial charge in [0.05, 0.1) is 11.4 Å². The molecule has 0 aliphatic carbocycles. The first-order valence-electron chi connectivity index (χ1n) is 4.57. The van der Waals surface area contributed by atoms with Crippen LogP contribution in [0.2, 0.25) is 0 Å². The number of aromatic nitrogens is 3. The molecular formula is C11H8IrN3O-. The average Bonchev–Trinajstić information content (AvgIpc) is 2.84. The Balaban J connectivity index is 0.000000963. The Labute approximate surface area is 106 Å². The van der Waals surface area contributed by atoms with Crippen LogP contribution >= 0.6 is 0 Å². The van der Waals surface area contributed by atoms with Crippen LogP contribution < -0.4 is 0 Å². The molecule has 0 saturated heterocycles. The van der Waals surface area contributed by atoms with Crippen molar-refractivity contribution in [3.8, 4) is 11.4 Å². The molecule has 1 radical (unpaired) electrons. The first-order valence-corrected chi connectivity index (χ1v) is 4.57. The summed E-state index contributed by atoms with van der Waals surface area (Å²) in [6.45, 7) is 0. The molecule has 1 aromatic carbocycles. The zero-order valence-electron chi connectivity index (χ0n) is 8.47. The second kappa shape index (κ2) is 4.20. The van der Waals surface area contributed by atoms with E-state index in [-0.39, 0.29) is 20.1 Å². The third-order valence-electron chi connectivity index (χ3n) is 2.33. The summed E-state index contributed by atoms with van der Waals surface area (Å²) in [4.78, 5) is 8.35. The molecule has 0 N–H and O–H groups in total. The average molecular weight is 390 g/mol. The van der Waals surface area contributed by atoms with Crippen molar-refractivity contribution in [2.75, 3.05) is 0 Å². The molecule has 0 unspecified atom stereocenters. The van der Waals surface area contributed by atoms with E-state index in [1.165, 1.54) is 6.39 Å². The van der Waals surface area contributed by atoms with E-state index < -0.39 is 0 Å². The summed E-state index contributed by atoms with van der Waals surface area (Å²) in [6, 6.07) is 6.83. The molecule has 16 heavy (non-hydrogen) atoms. The summed E-state index contributed by atoms with van der Waals surface area (Å²) in [6.07, 6.45) is 5.09. The zero-order valence-corrected chi connectivity index (χ0v) is 10.9. The van der Waals surface area contributed by atoms with Crippen molar-refractivity contribution in [1.29, 1.82) is 0 Å². The number of benzene rings is 1. The third-order valence-corrected chi connectivity index (χ3v) is 2.33. The summed E-state index contributed by atoms with van der Waals surface area (Å²) in [5.41, 5.74) is 2.49. The Morgan fingerprint density at radius 3 is 3.00 bits per heavy atom. The molecule has 2 heterocycles. The predicted molar refractivity (Wildman–Crippen MR) is 55.0 cm³/mol. The van der Waals surface area contributed by atoms with Gasteiger partial charge in [-0.3, -0.25) is 4.98 Å². The quantitative estimate of drug-likeness (QED) is 0.598. The van der Waals surface area contributed by atoms with Crippen LogP contribution in [0.1, 0.15) is 0 Å². The van der Waals surface area contributed by atoms with E-state index in [1.54, 1.807) is 12.3 Å². The molecule has 4 nitrogen and oxygen atoms in total. The normalized spacial score (nSPS) is 10.3. The maximum atomic E-state index is 5.15. The van der Waals surface area contributed by atoms with Gasteiger partial charge < -0.3 is 8.98 Å². The Kier molecular flexibility index (Phi) is 2.90. The van der Waals surface area contributed by atoms with Crippen molar-refractivity contribution in [3.63, 3.8) is 0 Å². The number of hydrogen-bond acceptors (Lipinski definition) is 3. The van der Waals surface area contributed by atoms with Crippen molar-refractivity contribution in [3.05, 3.63) is 37.0 Å². The van der Waals surface area contributed by atoms with Crippen molar-refractivity contribution in [1.82, 2.24) is 14.5 Å². The topological polar surface area (TPSA) is 43.9 Å². The minimum absolute atomic E-state index is 0. The van der Waals surface area contributed by atoms with Crippen molar-refractivity contribution < 1.29 is 24.5 Å². The first-order chi connectivity index (χ1) is 7.34. The predicted octanol–water partition coefficient (Wildman–Crippen LogP) is 2.03. The van der Waals surface area contributed by atoms with Crippen LogP contribution in [0.4, 0.5) is 0 Å². The number of rotatable bonds is 1. The zero-order chi connectivity index (χ0) is 10.3. The van der Waals surface area contributed by atoms with Gasteiger partial charge in [0, 0.05) is 45.1 Å². The Morgan fingerprint density at radius 2 is 2.25 bits per heavy atom. The van der Waals surface area contributed by atoms with Crippen molar-refractivity contribution in [2.45, 2.75) is 0 Å². The number of nitrogens with zero attached hydrogens (tertiary/aromatic N) is 3. The van der Waals surface area contributed by atoms with Gasteiger partial charge in [0.1, 0.15) is 0 Å². The van der Waals surface area contributed by atoms with Gasteiger partial charge in [-0.1, -0.05) is 0 Å². The molecule has 0 fully saturated rings. The van der Waals surface area contributed by atoms with Gasteiger partial charge in [0.2, 0.25) is 0 Å². The van der Waals surface area contributed by atoms with Gasteiger partial charge in [-0.2, -0.15) is 0 Å². The fourth-order valence-corrected chi connectivity index (χ4v) is 1.56. The van der Waals surface area contributed by atoms with E-state index in [9.17, 15) is 0 Å². The van der Waals surface area contributed by atoms with Crippen LogP contribution in [0.5, 0.6) is 0 Å². The smallest absolute Gasteiger partial charge is 0.169 e. The van der Waals surface area contributed by atoms with Crippen molar-refractivity contribution in [2.24, 2.45) is 7.05 Å². The second-order valence-electron chi connectivity index (χ2n) is 3.31. The standard InChI is InChI=1S/C11H8N3O.Ir/c1-14-5-4-12-11(14)8-2-3-10-9(6-8)13-7-15-10;/h3-7H,1H3;/q-1;. The molecule has 83 valence electrons. The number of aryl methyl sites for hydroxylation is 1. The minimum Gasteiger partial charge on any atom is -0.490 e. The van der Waals surface area contributed by atoms with Crippen LogP contribution in [-0.4, -0.2) is 14.5 Å². The van der Waals surface area contributed by atoms with Gasteiger partial charge in [-0.05, 0) is 0 Å². The maximum absolute atomic E-state index is 5.15. The van der Waals surface area contributed by atoms with Gasteiger partial charge in [0.25, 0.3) is 0 Å². The van der Waals surface area contributed by atoms with Crippen LogP contribution in [0.25, 0.3) is 22.5 Å². The van der Waals surface area contributed by atoms with E-state index in [4.69, 9.17) is 4.42 Å². The van der Waals surface area contributed by atoms with Crippen molar-refractivity contribution >= 4 is 11.1 Å². The van der Waals surface area contributed by atoms with Gasteiger partial charge in [0.15, 0.2) is 6.39 Å². The molecule has 3 rings (SSSR count). The largest absolute Gasteiger partial charge is 0.490 e. The van der Waals surface area contributed by atoms with Crippen LogP contribution in [-0.2, 0) is 27.2 Å². The number of hydrogen-bond donors (Lipinski definition) is 0. The monoisotopic (exact) mass is 391 g/mol.